The van der Waals surface area contributed by atoms with E-state index in [1.165, 1.54) is 12.8 Å². The summed E-state index contributed by atoms with van der Waals surface area (Å²) in [5, 5.41) is 3.34. The Hall–Kier alpha value is -0.380. The second-order valence-electron chi connectivity index (χ2n) is 3.63. The molecule has 1 N–H and O–H groups in total. The molecule has 1 fully saturated rings. The van der Waals surface area contributed by atoms with Crippen molar-refractivity contribution in [3.05, 3.63) is 12.7 Å². The Morgan fingerprint density at radius 1 is 1.21 bits per heavy atom. The summed E-state index contributed by atoms with van der Waals surface area (Å²) in [6.07, 6.45) is 4.24. The summed E-state index contributed by atoms with van der Waals surface area (Å²) < 4.78 is 10.7. The van der Waals surface area contributed by atoms with E-state index < -0.39 is 0 Å². The molecule has 0 aromatic heterocycles. The Morgan fingerprint density at radius 2 is 1.93 bits per heavy atom. The van der Waals surface area contributed by atoms with E-state index in [9.17, 15) is 0 Å². The van der Waals surface area contributed by atoms with Gasteiger partial charge in [0, 0.05) is 6.61 Å². The molecule has 1 heterocycles. The van der Waals surface area contributed by atoms with Crippen LogP contribution in [0.2, 0.25) is 0 Å². The van der Waals surface area contributed by atoms with Gasteiger partial charge in [-0.05, 0) is 31.8 Å². The van der Waals surface area contributed by atoms with E-state index >= 15 is 0 Å². The molecule has 3 nitrogen and oxygen atoms in total. The molecule has 0 saturated carbocycles. The number of nitrogens with one attached hydrogen (secondary N) is 1. The minimum Gasteiger partial charge on any atom is -0.379 e. The molecule has 3 heteroatoms. The van der Waals surface area contributed by atoms with Gasteiger partial charge in [-0.2, -0.15) is 0 Å². The Kier molecular flexibility index (Phi) is 6.66. The topological polar surface area (TPSA) is 30.5 Å². The van der Waals surface area contributed by atoms with Gasteiger partial charge in [0.05, 0.1) is 19.8 Å². The van der Waals surface area contributed by atoms with E-state index in [0.717, 1.165) is 25.6 Å². The number of piperidine rings is 1. The summed E-state index contributed by atoms with van der Waals surface area (Å²) in [6.45, 7) is 8.75. The minimum absolute atomic E-state index is 0.622. The summed E-state index contributed by atoms with van der Waals surface area (Å²) in [6, 6.07) is 0. The average molecular weight is 199 g/mol. The molecule has 0 atom stereocenters. The maximum atomic E-state index is 5.53. The zero-order chi connectivity index (χ0) is 10.1. The molecule has 0 bridgehead atoms. The first-order valence-electron chi connectivity index (χ1n) is 5.40. The van der Waals surface area contributed by atoms with Gasteiger partial charge < -0.3 is 14.8 Å². The molecule has 0 unspecified atom stereocenters. The molecule has 14 heavy (non-hydrogen) atoms. The molecule has 1 rings (SSSR count). The summed E-state index contributed by atoms with van der Waals surface area (Å²) in [5.74, 6) is 0.746. The van der Waals surface area contributed by atoms with Crippen molar-refractivity contribution in [2.45, 2.75) is 12.8 Å². The molecule has 0 aliphatic carbocycles. The predicted octanol–water partition coefficient (Wildman–Crippen LogP) is 1.21. The number of rotatable bonds is 7. The zero-order valence-electron chi connectivity index (χ0n) is 8.84. The van der Waals surface area contributed by atoms with Crippen LogP contribution in [-0.4, -0.2) is 39.5 Å². The van der Waals surface area contributed by atoms with Crippen molar-refractivity contribution in [2.75, 3.05) is 39.5 Å². The fraction of sp³-hybridized carbons (Fsp3) is 0.818. The molecular formula is C11H21NO2. The lowest BCUT2D eigenvalue weighted by molar-refractivity contribution is 0.0366. The summed E-state index contributed by atoms with van der Waals surface area (Å²) >= 11 is 0. The van der Waals surface area contributed by atoms with Gasteiger partial charge in [0.15, 0.2) is 0 Å². The Morgan fingerprint density at radius 3 is 2.64 bits per heavy atom. The van der Waals surface area contributed by atoms with Crippen LogP contribution >= 0.6 is 0 Å². The SMILES string of the molecule is C=CCOCCOCC1CCNCC1. The van der Waals surface area contributed by atoms with Crippen molar-refractivity contribution in [3.8, 4) is 0 Å². The van der Waals surface area contributed by atoms with Crippen molar-refractivity contribution in [2.24, 2.45) is 5.92 Å². The highest BCUT2D eigenvalue weighted by atomic mass is 16.5. The van der Waals surface area contributed by atoms with Crippen LogP contribution < -0.4 is 5.32 Å². The van der Waals surface area contributed by atoms with Gasteiger partial charge in [-0.25, -0.2) is 0 Å². The van der Waals surface area contributed by atoms with Crippen LogP contribution in [0.3, 0.4) is 0 Å². The lowest BCUT2D eigenvalue weighted by Gasteiger charge is -2.22. The lowest BCUT2D eigenvalue weighted by Crippen LogP contribution is -2.30. The molecule has 1 aliphatic heterocycles. The minimum atomic E-state index is 0.622. The van der Waals surface area contributed by atoms with E-state index in [0.29, 0.717) is 19.8 Å². The molecule has 1 saturated heterocycles. The van der Waals surface area contributed by atoms with Crippen LogP contribution in [0.15, 0.2) is 12.7 Å². The van der Waals surface area contributed by atoms with Gasteiger partial charge in [0.2, 0.25) is 0 Å². The first kappa shape index (κ1) is 11.7. The van der Waals surface area contributed by atoms with Crippen LogP contribution in [0.1, 0.15) is 12.8 Å². The second-order valence-corrected chi connectivity index (χ2v) is 3.63. The summed E-state index contributed by atoms with van der Waals surface area (Å²) in [7, 11) is 0. The zero-order valence-corrected chi connectivity index (χ0v) is 8.84. The van der Waals surface area contributed by atoms with Gasteiger partial charge in [0.1, 0.15) is 0 Å². The highest BCUT2D eigenvalue weighted by Crippen LogP contribution is 2.11. The van der Waals surface area contributed by atoms with E-state index in [-0.39, 0.29) is 0 Å². The van der Waals surface area contributed by atoms with Crippen LogP contribution in [-0.2, 0) is 9.47 Å². The van der Waals surface area contributed by atoms with Crippen molar-refractivity contribution >= 4 is 0 Å². The Labute approximate surface area is 86.5 Å². The van der Waals surface area contributed by atoms with Gasteiger partial charge in [0.25, 0.3) is 0 Å². The molecule has 0 aromatic carbocycles. The number of ether oxygens (including phenoxy) is 2. The van der Waals surface area contributed by atoms with Crippen molar-refractivity contribution in [1.82, 2.24) is 5.32 Å². The first-order chi connectivity index (χ1) is 6.93. The maximum absolute atomic E-state index is 5.53. The quantitative estimate of drug-likeness (QED) is 0.494. The molecular weight excluding hydrogens is 178 g/mol. The van der Waals surface area contributed by atoms with Crippen molar-refractivity contribution in [3.63, 3.8) is 0 Å². The molecule has 0 radical (unpaired) electrons. The average Bonchev–Trinajstić information content (AvgIpc) is 2.25. The monoisotopic (exact) mass is 199 g/mol. The Balaban J connectivity index is 1.85. The predicted molar refractivity (Wildman–Crippen MR) is 57.4 cm³/mol. The third-order valence-electron chi connectivity index (χ3n) is 2.42. The van der Waals surface area contributed by atoms with Gasteiger partial charge >= 0.3 is 0 Å². The van der Waals surface area contributed by atoms with Gasteiger partial charge in [-0.1, -0.05) is 6.08 Å². The fourth-order valence-electron chi connectivity index (χ4n) is 1.58. The molecule has 0 spiro atoms. The van der Waals surface area contributed by atoms with E-state index in [1.54, 1.807) is 6.08 Å². The summed E-state index contributed by atoms with van der Waals surface area (Å²) in [5.41, 5.74) is 0. The van der Waals surface area contributed by atoms with E-state index in [2.05, 4.69) is 11.9 Å². The standard InChI is InChI=1S/C11H21NO2/c1-2-7-13-8-9-14-10-11-3-5-12-6-4-11/h2,11-12H,1,3-10H2. The smallest absolute Gasteiger partial charge is 0.0704 e. The number of hydrogen-bond donors (Lipinski definition) is 1. The van der Waals surface area contributed by atoms with Crippen molar-refractivity contribution < 1.29 is 9.47 Å². The van der Waals surface area contributed by atoms with Crippen LogP contribution in [0.25, 0.3) is 0 Å². The Bertz CT molecular complexity index is 144. The third-order valence-corrected chi connectivity index (χ3v) is 2.42. The molecule has 82 valence electrons. The van der Waals surface area contributed by atoms with Crippen LogP contribution in [0, 0.1) is 5.92 Å². The van der Waals surface area contributed by atoms with Gasteiger partial charge in [-0.15, -0.1) is 6.58 Å². The van der Waals surface area contributed by atoms with Crippen molar-refractivity contribution in [1.29, 1.82) is 0 Å². The maximum Gasteiger partial charge on any atom is 0.0704 e. The second kappa shape index (κ2) is 7.97. The van der Waals surface area contributed by atoms with E-state index in [4.69, 9.17) is 9.47 Å². The number of hydrogen-bond acceptors (Lipinski definition) is 3. The van der Waals surface area contributed by atoms with Crippen LogP contribution in [0.4, 0.5) is 0 Å². The first-order valence-corrected chi connectivity index (χ1v) is 5.40. The largest absolute Gasteiger partial charge is 0.379 e. The normalized spacial score (nSPS) is 18.3. The van der Waals surface area contributed by atoms with E-state index in [1.807, 2.05) is 0 Å². The summed E-state index contributed by atoms with van der Waals surface area (Å²) in [4.78, 5) is 0. The third kappa shape index (κ3) is 5.37. The van der Waals surface area contributed by atoms with Gasteiger partial charge in [-0.3, -0.25) is 0 Å². The lowest BCUT2D eigenvalue weighted by atomic mass is 9.99. The van der Waals surface area contributed by atoms with Crippen LogP contribution in [0.5, 0.6) is 0 Å². The highest BCUT2D eigenvalue weighted by molar-refractivity contribution is 4.67. The molecule has 0 amide bonds. The molecule has 0 aromatic rings. The molecule has 1 aliphatic rings. The fourth-order valence-corrected chi connectivity index (χ4v) is 1.58. The highest BCUT2D eigenvalue weighted by Gasteiger charge is 2.12.